The number of nitrogens with one attached hydrogen (secondary N) is 1. The first-order chi connectivity index (χ1) is 5.34. The van der Waals surface area contributed by atoms with Gasteiger partial charge in [0.25, 0.3) is 0 Å². The molecular weight excluding hydrogens is 134 g/mol. The largest absolute Gasteiger partial charge is 0.316 e. The fourth-order valence-electron chi connectivity index (χ4n) is 0.989. The average molecular weight is 147 g/mol. The lowest BCUT2D eigenvalue weighted by molar-refractivity contribution is 0.933. The quantitative estimate of drug-likeness (QED) is 0.688. The molecule has 1 aromatic rings. The summed E-state index contributed by atoms with van der Waals surface area (Å²) in [4.78, 5) is 0. The second kappa shape index (κ2) is 3.94. The summed E-state index contributed by atoms with van der Waals surface area (Å²) in [6.45, 7) is 4.80. The molecule has 1 N–H and O–H groups in total. The van der Waals surface area contributed by atoms with Gasteiger partial charge in [0.2, 0.25) is 0 Å². The van der Waals surface area contributed by atoms with Gasteiger partial charge in [0.05, 0.1) is 0 Å². The minimum absolute atomic E-state index is 0.851. The molecule has 58 valence electrons. The lowest BCUT2D eigenvalue weighted by Gasteiger charge is -2.03. The summed E-state index contributed by atoms with van der Waals surface area (Å²) in [6, 6.07) is 10.2. The molecule has 0 aliphatic heterocycles. The summed E-state index contributed by atoms with van der Waals surface area (Å²) < 4.78 is 0. The molecule has 0 fully saturated rings. The normalized spacial score (nSPS) is 9.55. The molecule has 0 saturated heterocycles. The highest BCUT2D eigenvalue weighted by molar-refractivity contribution is 5.64. The van der Waals surface area contributed by atoms with Crippen LogP contribution in [0.25, 0.3) is 5.57 Å². The van der Waals surface area contributed by atoms with E-state index in [9.17, 15) is 0 Å². The first kappa shape index (κ1) is 8.02. The van der Waals surface area contributed by atoms with Crippen molar-refractivity contribution in [2.75, 3.05) is 13.6 Å². The summed E-state index contributed by atoms with van der Waals surface area (Å²) in [6.07, 6.45) is 0. The van der Waals surface area contributed by atoms with Crippen LogP contribution in [0.4, 0.5) is 0 Å². The second-order valence-electron chi connectivity index (χ2n) is 2.50. The van der Waals surface area contributed by atoms with Crippen LogP contribution in [0.3, 0.4) is 0 Å². The lowest BCUT2D eigenvalue weighted by Crippen LogP contribution is -2.08. The third kappa shape index (κ3) is 2.20. The van der Waals surface area contributed by atoms with E-state index in [0.29, 0.717) is 0 Å². The van der Waals surface area contributed by atoms with Gasteiger partial charge in [-0.2, -0.15) is 0 Å². The molecule has 1 heteroatoms. The molecule has 1 aromatic carbocycles. The van der Waals surface area contributed by atoms with Crippen LogP contribution in [0.1, 0.15) is 5.56 Å². The highest BCUT2D eigenvalue weighted by Gasteiger charge is 1.93. The van der Waals surface area contributed by atoms with Crippen molar-refractivity contribution in [3.05, 3.63) is 42.5 Å². The molecule has 0 heterocycles. The summed E-state index contributed by atoms with van der Waals surface area (Å²) in [5.74, 6) is 0. The van der Waals surface area contributed by atoms with Crippen LogP contribution in [0.5, 0.6) is 0 Å². The van der Waals surface area contributed by atoms with Crippen molar-refractivity contribution in [3.8, 4) is 0 Å². The van der Waals surface area contributed by atoms with Crippen LogP contribution >= 0.6 is 0 Å². The van der Waals surface area contributed by atoms with Gasteiger partial charge in [0.1, 0.15) is 0 Å². The van der Waals surface area contributed by atoms with Crippen LogP contribution in [0.2, 0.25) is 0 Å². The minimum atomic E-state index is 0.851. The van der Waals surface area contributed by atoms with Gasteiger partial charge in [-0.25, -0.2) is 0 Å². The van der Waals surface area contributed by atoms with Crippen LogP contribution in [0.15, 0.2) is 36.9 Å². The van der Waals surface area contributed by atoms with Crippen LogP contribution in [0, 0.1) is 0 Å². The van der Waals surface area contributed by atoms with Crippen LogP contribution in [-0.2, 0) is 0 Å². The van der Waals surface area contributed by atoms with Crippen molar-refractivity contribution in [3.63, 3.8) is 0 Å². The molecule has 0 atom stereocenters. The number of rotatable bonds is 3. The predicted octanol–water partition coefficient (Wildman–Crippen LogP) is 1.92. The van der Waals surface area contributed by atoms with E-state index in [2.05, 4.69) is 24.0 Å². The molecular formula is C10H13N. The van der Waals surface area contributed by atoms with Crippen molar-refractivity contribution in [1.82, 2.24) is 5.32 Å². The highest BCUT2D eigenvalue weighted by atomic mass is 14.8. The first-order valence-corrected chi connectivity index (χ1v) is 3.72. The monoisotopic (exact) mass is 147 g/mol. The van der Waals surface area contributed by atoms with Gasteiger partial charge < -0.3 is 5.32 Å². The molecule has 0 bridgehead atoms. The molecule has 0 aromatic heterocycles. The molecule has 0 aliphatic rings. The molecule has 1 nitrogen and oxygen atoms in total. The second-order valence-corrected chi connectivity index (χ2v) is 2.50. The minimum Gasteiger partial charge on any atom is -0.316 e. The van der Waals surface area contributed by atoms with E-state index in [1.165, 1.54) is 5.56 Å². The highest BCUT2D eigenvalue weighted by Crippen LogP contribution is 2.09. The van der Waals surface area contributed by atoms with E-state index in [-0.39, 0.29) is 0 Å². The molecule has 0 amide bonds. The third-order valence-electron chi connectivity index (χ3n) is 1.57. The summed E-state index contributed by atoms with van der Waals surface area (Å²) in [5, 5.41) is 3.07. The van der Waals surface area contributed by atoms with E-state index >= 15 is 0 Å². The van der Waals surface area contributed by atoms with E-state index < -0.39 is 0 Å². The van der Waals surface area contributed by atoms with Gasteiger partial charge in [-0.05, 0) is 18.2 Å². The SMILES string of the molecule is C=C(CNC)c1ccccc1. The van der Waals surface area contributed by atoms with Crippen molar-refractivity contribution < 1.29 is 0 Å². The topological polar surface area (TPSA) is 12.0 Å². The van der Waals surface area contributed by atoms with E-state index in [1.54, 1.807) is 0 Å². The average Bonchev–Trinajstić information content (AvgIpc) is 2.07. The van der Waals surface area contributed by atoms with Crippen molar-refractivity contribution in [2.24, 2.45) is 0 Å². The van der Waals surface area contributed by atoms with E-state index in [0.717, 1.165) is 12.1 Å². The molecule has 0 spiro atoms. The zero-order chi connectivity index (χ0) is 8.10. The maximum Gasteiger partial charge on any atom is 0.0202 e. The lowest BCUT2D eigenvalue weighted by atomic mass is 10.1. The molecule has 1 rings (SSSR count). The Morgan fingerprint density at radius 2 is 2.00 bits per heavy atom. The fourth-order valence-corrected chi connectivity index (χ4v) is 0.989. The van der Waals surface area contributed by atoms with Gasteiger partial charge in [-0.3, -0.25) is 0 Å². The Hall–Kier alpha value is -1.08. The molecule has 0 unspecified atom stereocenters. The number of benzene rings is 1. The summed E-state index contributed by atoms with van der Waals surface area (Å²) >= 11 is 0. The number of hydrogen-bond donors (Lipinski definition) is 1. The Kier molecular flexibility index (Phi) is 2.87. The maximum absolute atomic E-state index is 3.95. The van der Waals surface area contributed by atoms with Gasteiger partial charge in [-0.1, -0.05) is 36.9 Å². The molecule has 0 radical (unpaired) electrons. The van der Waals surface area contributed by atoms with Crippen molar-refractivity contribution in [2.45, 2.75) is 0 Å². The zero-order valence-corrected chi connectivity index (χ0v) is 6.80. The molecule has 11 heavy (non-hydrogen) atoms. The zero-order valence-electron chi connectivity index (χ0n) is 6.80. The van der Waals surface area contributed by atoms with Crippen LogP contribution in [-0.4, -0.2) is 13.6 Å². The van der Waals surface area contributed by atoms with Gasteiger partial charge >= 0.3 is 0 Å². The standard InChI is InChI=1S/C10H13N/c1-9(8-11-2)10-6-4-3-5-7-10/h3-7,11H,1,8H2,2H3. The van der Waals surface area contributed by atoms with Crippen LogP contribution < -0.4 is 5.32 Å². The molecule has 0 aliphatic carbocycles. The van der Waals surface area contributed by atoms with E-state index in [4.69, 9.17) is 0 Å². The third-order valence-corrected chi connectivity index (χ3v) is 1.57. The van der Waals surface area contributed by atoms with Gasteiger partial charge in [0, 0.05) is 6.54 Å². The van der Waals surface area contributed by atoms with Gasteiger partial charge in [-0.15, -0.1) is 0 Å². The Balaban J connectivity index is 2.69. The number of hydrogen-bond acceptors (Lipinski definition) is 1. The Morgan fingerprint density at radius 1 is 1.36 bits per heavy atom. The Morgan fingerprint density at radius 3 is 2.55 bits per heavy atom. The smallest absolute Gasteiger partial charge is 0.0202 e. The number of likely N-dealkylation sites (N-methyl/N-ethyl adjacent to an activating group) is 1. The Labute approximate surface area is 67.8 Å². The van der Waals surface area contributed by atoms with Crippen molar-refractivity contribution in [1.29, 1.82) is 0 Å². The van der Waals surface area contributed by atoms with Crippen molar-refractivity contribution >= 4 is 5.57 Å². The predicted molar refractivity (Wildman–Crippen MR) is 49.4 cm³/mol. The summed E-state index contributed by atoms with van der Waals surface area (Å²) in [5.41, 5.74) is 2.34. The van der Waals surface area contributed by atoms with Gasteiger partial charge in [0.15, 0.2) is 0 Å². The first-order valence-electron chi connectivity index (χ1n) is 3.72. The maximum atomic E-state index is 3.95. The molecule has 0 saturated carbocycles. The fraction of sp³-hybridized carbons (Fsp3) is 0.200. The Bertz CT molecular complexity index is 226. The van der Waals surface area contributed by atoms with E-state index in [1.807, 2.05) is 25.2 Å². The summed E-state index contributed by atoms with van der Waals surface area (Å²) in [7, 11) is 1.92.